The molecule has 0 spiro atoms. The molecular formula is C16H20N2O2. The van der Waals surface area contributed by atoms with Crippen LogP contribution in [0.1, 0.15) is 44.0 Å². The van der Waals surface area contributed by atoms with Crippen molar-refractivity contribution < 1.29 is 9.63 Å². The van der Waals surface area contributed by atoms with E-state index in [9.17, 15) is 5.11 Å². The summed E-state index contributed by atoms with van der Waals surface area (Å²) in [6, 6.07) is 10.1. The standard InChI is InChI=1S/C16H20N2O2/c1-16(2,12-6-4-3-5-7-12)15-17-14(20-18-15)10-13(19)11-8-9-11/h3-7,11,13,19H,8-10H2,1-2H3. The van der Waals surface area contributed by atoms with E-state index in [-0.39, 0.29) is 11.5 Å². The lowest BCUT2D eigenvalue weighted by Gasteiger charge is -2.20. The zero-order chi connectivity index (χ0) is 14.2. The number of hydrogen-bond donors (Lipinski definition) is 1. The molecule has 3 rings (SSSR count). The quantitative estimate of drug-likeness (QED) is 0.909. The van der Waals surface area contributed by atoms with Gasteiger partial charge >= 0.3 is 0 Å². The molecule has 1 unspecified atom stereocenters. The van der Waals surface area contributed by atoms with Gasteiger partial charge in [-0.2, -0.15) is 4.98 Å². The van der Waals surface area contributed by atoms with Crippen LogP contribution in [0.15, 0.2) is 34.9 Å². The van der Waals surface area contributed by atoms with E-state index >= 15 is 0 Å². The third-order valence-corrected chi connectivity index (χ3v) is 4.07. The normalized spacial score (nSPS) is 17.1. The fraction of sp³-hybridized carbons (Fsp3) is 0.500. The highest BCUT2D eigenvalue weighted by Gasteiger charge is 2.33. The lowest BCUT2D eigenvalue weighted by atomic mass is 9.84. The smallest absolute Gasteiger partial charge is 0.229 e. The Bertz CT molecular complexity index is 573. The first kappa shape index (κ1) is 13.3. The molecule has 0 radical (unpaired) electrons. The van der Waals surface area contributed by atoms with Crippen LogP contribution in [0.2, 0.25) is 0 Å². The van der Waals surface area contributed by atoms with E-state index in [0.29, 0.717) is 24.1 Å². The molecule has 1 N–H and O–H groups in total. The van der Waals surface area contributed by atoms with E-state index in [2.05, 4.69) is 36.1 Å². The maximum absolute atomic E-state index is 9.94. The largest absolute Gasteiger partial charge is 0.392 e. The van der Waals surface area contributed by atoms with Gasteiger partial charge in [-0.1, -0.05) is 35.5 Å². The van der Waals surface area contributed by atoms with Gasteiger partial charge in [0.05, 0.1) is 17.9 Å². The average Bonchev–Trinajstić information content (AvgIpc) is 3.20. The van der Waals surface area contributed by atoms with Gasteiger partial charge in [-0.15, -0.1) is 0 Å². The number of aliphatic hydroxyl groups is 1. The van der Waals surface area contributed by atoms with Crippen molar-refractivity contribution in [1.29, 1.82) is 0 Å². The summed E-state index contributed by atoms with van der Waals surface area (Å²) in [6.45, 7) is 4.16. The van der Waals surface area contributed by atoms with E-state index < -0.39 is 0 Å². The number of aliphatic hydroxyl groups excluding tert-OH is 1. The number of nitrogens with zero attached hydrogens (tertiary/aromatic N) is 2. The molecule has 1 aliphatic rings. The Morgan fingerprint density at radius 3 is 2.65 bits per heavy atom. The number of hydrogen-bond acceptors (Lipinski definition) is 4. The number of rotatable bonds is 5. The van der Waals surface area contributed by atoms with Gasteiger partial charge in [-0.05, 0) is 38.2 Å². The van der Waals surface area contributed by atoms with Gasteiger partial charge < -0.3 is 9.63 Å². The lowest BCUT2D eigenvalue weighted by molar-refractivity contribution is 0.140. The van der Waals surface area contributed by atoms with E-state index in [1.54, 1.807) is 0 Å². The van der Waals surface area contributed by atoms with Gasteiger partial charge in [-0.3, -0.25) is 0 Å². The van der Waals surface area contributed by atoms with Crippen molar-refractivity contribution in [3.05, 3.63) is 47.6 Å². The van der Waals surface area contributed by atoms with E-state index in [0.717, 1.165) is 18.4 Å². The summed E-state index contributed by atoms with van der Waals surface area (Å²) in [7, 11) is 0. The van der Waals surface area contributed by atoms with Crippen LogP contribution in [0.25, 0.3) is 0 Å². The third kappa shape index (κ3) is 2.61. The molecule has 20 heavy (non-hydrogen) atoms. The summed E-state index contributed by atoms with van der Waals surface area (Å²) in [5, 5.41) is 14.0. The molecule has 1 aromatic carbocycles. The van der Waals surface area contributed by atoms with Gasteiger partial charge in [0.15, 0.2) is 5.82 Å². The van der Waals surface area contributed by atoms with Crippen LogP contribution in [-0.2, 0) is 11.8 Å². The Hall–Kier alpha value is -1.68. The molecule has 4 nitrogen and oxygen atoms in total. The molecule has 0 aliphatic heterocycles. The second kappa shape index (κ2) is 5.02. The predicted octanol–water partition coefficient (Wildman–Crippen LogP) is 2.71. The van der Waals surface area contributed by atoms with Crippen molar-refractivity contribution in [2.75, 3.05) is 0 Å². The van der Waals surface area contributed by atoms with E-state index in [1.165, 1.54) is 0 Å². The molecule has 1 heterocycles. The first-order valence-corrected chi connectivity index (χ1v) is 7.14. The molecule has 1 fully saturated rings. The molecule has 1 aromatic heterocycles. The van der Waals surface area contributed by atoms with Crippen LogP contribution in [0, 0.1) is 5.92 Å². The molecular weight excluding hydrogens is 252 g/mol. The van der Waals surface area contributed by atoms with Crippen LogP contribution in [0.5, 0.6) is 0 Å². The summed E-state index contributed by atoms with van der Waals surface area (Å²) in [6.07, 6.45) is 2.33. The topological polar surface area (TPSA) is 59.2 Å². The van der Waals surface area contributed by atoms with Crippen LogP contribution in [0.3, 0.4) is 0 Å². The van der Waals surface area contributed by atoms with Crippen LogP contribution >= 0.6 is 0 Å². The predicted molar refractivity (Wildman–Crippen MR) is 75.3 cm³/mol. The first-order chi connectivity index (χ1) is 9.57. The maximum Gasteiger partial charge on any atom is 0.229 e. The van der Waals surface area contributed by atoms with Crippen molar-refractivity contribution in [2.45, 2.75) is 44.6 Å². The van der Waals surface area contributed by atoms with Gasteiger partial charge in [0.2, 0.25) is 5.89 Å². The maximum atomic E-state index is 9.94. The fourth-order valence-corrected chi connectivity index (χ4v) is 2.40. The van der Waals surface area contributed by atoms with Crippen molar-refractivity contribution in [3.63, 3.8) is 0 Å². The van der Waals surface area contributed by atoms with Crippen molar-refractivity contribution in [1.82, 2.24) is 10.1 Å². The molecule has 1 atom stereocenters. The molecule has 106 valence electrons. The van der Waals surface area contributed by atoms with Crippen molar-refractivity contribution in [3.8, 4) is 0 Å². The fourth-order valence-electron chi connectivity index (χ4n) is 2.40. The number of aromatic nitrogens is 2. The lowest BCUT2D eigenvalue weighted by Crippen LogP contribution is -2.21. The summed E-state index contributed by atoms with van der Waals surface area (Å²) in [5.41, 5.74) is 0.850. The summed E-state index contributed by atoms with van der Waals surface area (Å²) in [4.78, 5) is 4.47. The Balaban J connectivity index is 1.78. The summed E-state index contributed by atoms with van der Waals surface area (Å²) >= 11 is 0. The molecule has 2 aromatic rings. The Morgan fingerprint density at radius 1 is 1.30 bits per heavy atom. The SMILES string of the molecule is CC(C)(c1ccccc1)c1noc(CC(O)C2CC2)n1. The minimum Gasteiger partial charge on any atom is -0.392 e. The van der Waals surface area contributed by atoms with Crippen LogP contribution in [0.4, 0.5) is 0 Å². The second-order valence-corrected chi connectivity index (χ2v) is 6.11. The monoisotopic (exact) mass is 272 g/mol. The average molecular weight is 272 g/mol. The van der Waals surface area contributed by atoms with Gasteiger partial charge in [0.25, 0.3) is 0 Å². The third-order valence-electron chi connectivity index (χ3n) is 4.07. The molecule has 1 saturated carbocycles. The molecule has 0 bridgehead atoms. The van der Waals surface area contributed by atoms with Crippen molar-refractivity contribution >= 4 is 0 Å². The second-order valence-electron chi connectivity index (χ2n) is 6.11. The molecule has 1 aliphatic carbocycles. The first-order valence-electron chi connectivity index (χ1n) is 7.14. The summed E-state index contributed by atoms with van der Waals surface area (Å²) in [5.74, 6) is 1.62. The Morgan fingerprint density at radius 2 is 2.00 bits per heavy atom. The van der Waals surface area contributed by atoms with Gasteiger partial charge in [-0.25, -0.2) is 0 Å². The van der Waals surface area contributed by atoms with E-state index in [4.69, 9.17) is 4.52 Å². The Kier molecular flexibility index (Phi) is 3.34. The zero-order valence-corrected chi connectivity index (χ0v) is 11.9. The molecule has 4 heteroatoms. The minimum atomic E-state index is -0.344. The summed E-state index contributed by atoms with van der Waals surface area (Å²) < 4.78 is 5.30. The zero-order valence-electron chi connectivity index (χ0n) is 11.9. The highest BCUT2D eigenvalue weighted by Crippen LogP contribution is 2.34. The highest BCUT2D eigenvalue weighted by molar-refractivity contribution is 5.30. The minimum absolute atomic E-state index is 0.298. The van der Waals surface area contributed by atoms with E-state index in [1.807, 2.05) is 18.2 Å². The highest BCUT2D eigenvalue weighted by atomic mass is 16.5. The number of benzene rings is 1. The van der Waals surface area contributed by atoms with Gasteiger partial charge in [0, 0.05) is 0 Å². The van der Waals surface area contributed by atoms with Gasteiger partial charge in [0.1, 0.15) is 0 Å². The van der Waals surface area contributed by atoms with Crippen LogP contribution < -0.4 is 0 Å². The molecule has 0 amide bonds. The molecule has 0 saturated heterocycles. The Labute approximate surface area is 118 Å². The van der Waals surface area contributed by atoms with Crippen LogP contribution in [-0.4, -0.2) is 21.4 Å². The van der Waals surface area contributed by atoms with Crippen molar-refractivity contribution in [2.24, 2.45) is 5.92 Å².